The Kier molecular flexibility index (Phi) is 3.80. The van der Waals surface area contributed by atoms with Gasteiger partial charge in [-0.2, -0.15) is 4.98 Å². The molecule has 1 aromatic heterocycles. The molecule has 1 heterocycles. The molecule has 3 unspecified atom stereocenters. The van der Waals surface area contributed by atoms with Gasteiger partial charge in [0.15, 0.2) is 5.82 Å². The molecular formula is C15H19N3O2. The Hall–Kier alpha value is -1.72. The Bertz CT molecular complexity index is 555. The predicted molar refractivity (Wildman–Crippen MR) is 74.3 cm³/mol. The third-order valence-electron chi connectivity index (χ3n) is 3.63. The summed E-state index contributed by atoms with van der Waals surface area (Å²) in [5.41, 5.74) is 7.28. The van der Waals surface area contributed by atoms with Crippen molar-refractivity contribution in [2.45, 2.75) is 31.2 Å². The minimum absolute atomic E-state index is 0.318. The molecule has 0 amide bonds. The number of ether oxygens (including phenoxy) is 1. The lowest BCUT2D eigenvalue weighted by atomic mass is 10.1. The van der Waals surface area contributed by atoms with Gasteiger partial charge in [-0.15, -0.1) is 0 Å². The normalized spacial score (nSPS) is 22.7. The Morgan fingerprint density at radius 1 is 1.35 bits per heavy atom. The van der Waals surface area contributed by atoms with Crippen LogP contribution in [0.2, 0.25) is 0 Å². The Morgan fingerprint density at radius 2 is 2.15 bits per heavy atom. The van der Waals surface area contributed by atoms with Gasteiger partial charge >= 0.3 is 0 Å². The molecule has 5 heteroatoms. The maximum atomic E-state index is 5.95. The average Bonchev–Trinajstić information content (AvgIpc) is 3.14. The van der Waals surface area contributed by atoms with Gasteiger partial charge in [0, 0.05) is 12.5 Å². The van der Waals surface area contributed by atoms with Crippen molar-refractivity contribution in [2.75, 3.05) is 13.2 Å². The minimum Gasteiger partial charge on any atom is -0.380 e. The third-order valence-corrected chi connectivity index (χ3v) is 3.63. The number of rotatable bonds is 6. The van der Waals surface area contributed by atoms with Crippen LogP contribution in [0.15, 0.2) is 34.9 Å². The monoisotopic (exact) mass is 273 g/mol. The van der Waals surface area contributed by atoms with Crippen molar-refractivity contribution in [2.24, 2.45) is 5.73 Å². The van der Waals surface area contributed by atoms with Gasteiger partial charge < -0.3 is 15.0 Å². The molecule has 1 aromatic carbocycles. The molecule has 0 spiro atoms. The van der Waals surface area contributed by atoms with Gasteiger partial charge in [0.1, 0.15) is 0 Å². The van der Waals surface area contributed by atoms with Crippen molar-refractivity contribution in [1.82, 2.24) is 10.1 Å². The topological polar surface area (TPSA) is 74.2 Å². The second-order valence-electron chi connectivity index (χ2n) is 5.12. The fourth-order valence-corrected chi connectivity index (χ4v) is 2.40. The van der Waals surface area contributed by atoms with Crippen molar-refractivity contribution < 1.29 is 9.26 Å². The van der Waals surface area contributed by atoms with E-state index < -0.39 is 0 Å². The van der Waals surface area contributed by atoms with E-state index in [1.165, 1.54) is 5.56 Å². The molecule has 20 heavy (non-hydrogen) atoms. The summed E-state index contributed by atoms with van der Waals surface area (Å²) >= 11 is 0. The second kappa shape index (κ2) is 5.73. The lowest BCUT2D eigenvalue weighted by molar-refractivity contribution is 0.130. The zero-order valence-corrected chi connectivity index (χ0v) is 11.5. The summed E-state index contributed by atoms with van der Waals surface area (Å²) in [6.45, 7) is 2.99. The second-order valence-corrected chi connectivity index (χ2v) is 5.12. The van der Waals surface area contributed by atoms with Gasteiger partial charge in [0.25, 0.3) is 0 Å². The molecule has 1 aliphatic carbocycles. The van der Waals surface area contributed by atoms with Gasteiger partial charge in [-0.1, -0.05) is 35.5 Å². The molecule has 1 aliphatic rings. The molecule has 5 nitrogen and oxygen atoms in total. The molecule has 0 saturated heterocycles. The first-order valence-corrected chi connectivity index (χ1v) is 7.01. The molecule has 0 bridgehead atoms. The van der Waals surface area contributed by atoms with Crippen molar-refractivity contribution in [3.05, 3.63) is 47.6 Å². The summed E-state index contributed by atoms with van der Waals surface area (Å²) in [4.78, 5) is 4.42. The van der Waals surface area contributed by atoms with Crippen LogP contribution in [0, 0.1) is 0 Å². The van der Waals surface area contributed by atoms with E-state index in [-0.39, 0.29) is 6.04 Å². The quantitative estimate of drug-likeness (QED) is 0.874. The Labute approximate surface area is 118 Å². The SMILES string of the molecule is CCOCC(N)c1noc(C2CC2c2ccccc2)n1. The molecule has 2 aromatic rings. The van der Waals surface area contributed by atoms with Crippen molar-refractivity contribution in [1.29, 1.82) is 0 Å². The summed E-state index contributed by atoms with van der Waals surface area (Å²) in [6, 6.07) is 10.1. The molecule has 0 radical (unpaired) electrons. The number of aromatic nitrogens is 2. The third kappa shape index (κ3) is 2.73. The number of nitrogens with zero attached hydrogens (tertiary/aromatic N) is 2. The average molecular weight is 273 g/mol. The van der Waals surface area contributed by atoms with Gasteiger partial charge in [-0.3, -0.25) is 0 Å². The summed E-state index contributed by atoms with van der Waals surface area (Å²) in [6.07, 6.45) is 1.06. The highest BCUT2D eigenvalue weighted by Crippen LogP contribution is 2.53. The highest BCUT2D eigenvalue weighted by atomic mass is 16.5. The molecular weight excluding hydrogens is 254 g/mol. The molecule has 2 N–H and O–H groups in total. The molecule has 1 fully saturated rings. The molecule has 3 rings (SSSR count). The standard InChI is InChI=1S/C15H19N3O2/c1-2-19-9-13(16)14-17-15(20-18-14)12-8-11(12)10-6-4-3-5-7-10/h3-7,11-13H,2,8-9,16H2,1H3. The van der Waals surface area contributed by atoms with Crippen LogP contribution in [0.25, 0.3) is 0 Å². The van der Waals surface area contributed by atoms with Crippen LogP contribution in [0.1, 0.15) is 48.5 Å². The summed E-state index contributed by atoms with van der Waals surface area (Å²) in [7, 11) is 0. The Balaban J connectivity index is 1.64. The van der Waals surface area contributed by atoms with E-state index in [2.05, 4.69) is 34.4 Å². The first-order valence-electron chi connectivity index (χ1n) is 7.01. The van der Waals surface area contributed by atoms with Crippen LogP contribution < -0.4 is 5.73 Å². The summed E-state index contributed by atoms with van der Waals surface area (Å²) in [5, 5.41) is 3.97. The maximum absolute atomic E-state index is 5.95. The fraction of sp³-hybridized carbons (Fsp3) is 0.467. The van der Waals surface area contributed by atoms with E-state index in [0.29, 0.717) is 36.8 Å². The van der Waals surface area contributed by atoms with Crippen molar-refractivity contribution in [3.8, 4) is 0 Å². The van der Waals surface area contributed by atoms with Gasteiger partial charge in [-0.05, 0) is 24.8 Å². The predicted octanol–water partition coefficient (Wildman–Crippen LogP) is 2.38. The number of hydrogen-bond donors (Lipinski definition) is 1. The zero-order chi connectivity index (χ0) is 13.9. The van der Waals surface area contributed by atoms with Crippen LogP contribution in [0.4, 0.5) is 0 Å². The molecule has 3 atom stereocenters. The van der Waals surface area contributed by atoms with Crippen LogP contribution in [-0.2, 0) is 4.74 Å². The minimum atomic E-state index is -0.318. The highest BCUT2D eigenvalue weighted by molar-refractivity contribution is 5.30. The van der Waals surface area contributed by atoms with Crippen molar-refractivity contribution in [3.63, 3.8) is 0 Å². The smallest absolute Gasteiger partial charge is 0.230 e. The van der Waals surface area contributed by atoms with E-state index in [9.17, 15) is 0 Å². The first-order chi connectivity index (χ1) is 9.79. The van der Waals surface area contributed by atoms with E-state index in [4.69, 9.17) is 15.0 Å². The molecule has 1 saturated carbocycles. The van der Waals surface area contributed by atoms with Gasteiger partial charge in [0.05, 0.1) is 12.6 Å². The van der Waals surface area contributed by atoms with Gasteiger partial charge in [-0.25, -0.2) is 0 Å². The van der Waals surface area contributed by atoms with Crippen LogP contribution >= 0.6 is 0 Å². The largest absolute Gasteiger partial charge is 0.380 e. The Morgan fingerprint density at radius 3 is 2.90 bits per heavy atom. The number of nitrogens with two attached hydrogens (primary N) is 1. The van der Waals surface area contributed by atoms with Crippen LogP contribution in [0.3, 0.4) is 0 Å². The number of benzene rings is 1. The summed E-state index contributed by atoms with van der Waals surface area (Å²) < 4.78 is 10.6. The first kappa shape index (κ1) is 13.3. The van der Waals surface area contributed by atoms with Crippen molar-refractivity contribution >= 4 is 0 Å². The van der Waals surface area contributed by atoms with Crippen LogP contribution in [0.5, 0.6) is 0 Å². The van der Waals surface area contributed by atoms with Gasteiger partial charge in [0.2, 0.25) is 5.89 Å². The molecule has 0 aliphatic heterocycles. The number of hydrogen-bond acceptors (Lipinski definition) is 5. The van der Waals surface area contributed by atoms with E-state index >= 15 is 0 Å². The highest BCUT2D eigenvalue weighted by Gasteiger charge is 2.43. The zero-order valence-electron chi connectivity index (χ0n) is 11.5. The lowest BCUT2D eigenvalue weighted by Gasteiger charge is -2.05. The molecule has 106 valence electrons. The van der Waals surface area contributed by atoms with Crippen LogP contribution in [-0.4, -0.2) is 23.4 Å². The van der Waals surface area contributed by atoms with E-state index in [0.717, 1.165) is 6.42 Å². The van der Waals surface area contributed by atoms with E-state index in [1.54, 1.807) is 0 Å². The fourth-order valence-electron chi connectivity index (χ4n) is 2.40. The summed E-state index contributed by atoms with van der Waals surface area (Å²) in [5.74, 6) is 2.05. The van der Waals surface area contributed by atoms with E-state index in [1.807, 2.05) is 13.0 Å². The lowest BCUT2D eigenvalue weighted by Crippen LogP contribution is -2.18. The maximum Gasteiger partial charge on any atom is 0.230 e.